The number of hydrogen-bond acceptors (Lipinski definition) is 2. The maximum absolute atomic E-state index is 11.1. The standard InChI is InChI=1S/C12H15ClN2OS/c13-11-4-2-1-3-10(11)9-14-5-7-15(8-6-14)12(16)17/h1-4H,5-9H2,(H,16,17). The molecule has 0 radical (unpaired) electrons. The van der Waals surface area contributed by atoms with E-state index < -0.39 is 0 Å². The molecular formula is C12H15ClN2OS. The van der Waals surface area contributed by atoms with Gasteiger partial charge >= 0.3 is 0 Å². The first-order valence-corrected chi connectivity index (χ1v) is 6.43. The van der Waals surface area contributed by atoms with E-state index in [1.165, 1.54) is 0 Å². The lowest BCUT2D eigenvalue weighted by Gasteiger charge is -2.33. The highest BCUT2D eigenvalue weighted by atomic mass is 35.5. The van der Waals surface area contributed by atoms with Gasteiger partial charge in [0, 0.05) is 37.7 Å². The van der Waals surface area contributed by atoms with Gasteiger partial charge in [-0.2, -0.15) is 0 Å². The molecule has 1 aliphatic rings. The maximum atomic E-state index is 11.1. The zero-order chi connectivity index (χ0) is 12.3. The minimum Gasteiger partial charge on any atom is -0.331 e. The average molecular weight is 271 g/mol. The molecule has 0 aliphatic carbocycles. The van der Waals surface area contributed by atoms with Crippen molar-refractivity contribution in [3.8, 4) is 0 Å². The van der Waals surface area contributed by atoms with Crippen molar-refractivity contribution < 1.29 is 4.79 Å². The molecule has 5 heteroatoms. The molecule has 3 nitrogen and oxygen atoms in total. The number of piperazine rings is 1. The molecule has 1 saturated heterocycles. The first kappa shape index (κ1) is 12.7. The number of halogens is 1. The Labute approximate surface area is 112 Å². The van der Waals surface area contributed by atoms with Crippen molar-refractivity contribution in [1.82, 2.24) is 9.80 Å². The molecule has 0 N–H and O–H groups in total. The number of rotatable bonds is 2. The van der Waals surface area contributed by atoms with Crippen molar-refractivity contribution in [2.75, 3.05) is 26.2 Å². The Hall–Kier alpha value is -0.710. The van der Waals surface area contributed by atoms with E-state index in [-0.39, 0.29) is 5.24 Å². The normalized spacial score (nSPS) is 17.2. The minimum absolute atomic E-state index is 0.137. The summed E-state index contributed by atoms with van der Waals surface area (Å²) in [7, 11) is 0. The van der Waals surface area contributed by atoms with Crippen molar-refractivity contribution in [2.24, 2.45) is 0 Å². The topological polar surface area (TPSA) is 23.6 Å². The fourth-order valence-corrected chi connectivity index (χ4v) is 2.36. The summed E-state index contributed by atoms with van der Waals surface area (Å²) in [4.78, 5) is 15.1. The number of carbonyl (C=O) groups is 1. The predicted octanol–water partition coefficient (Wildman–Crippen LogP) is 2.51. The fraction of sp³-hybridized carbons (Fsp3) is 0.417. The van der Waals surface area contributed by atoms with Crippen LogP contribution in [-0.2, 0) is 6.54 Å². The Morgan fingerprint density at radius 2 is 1.88 bits per heavy atom. The summed E-state index contributed by atoms with van der Waals surface area (Å²) in [6, 6.07) is 7.88. The van der Waals surface area contributed by atoms with Gasteiger partial charge in [-0.25, -0.2) is 0 Å². The number of carbonyl (C=O) groups excluding carboxylic acids is 1. The SMILES string of the molecule is O=C(S)N1CCN(Cc2ccccc2Cl)CC1. The lowest BCUT2D eigenvalue weighted by atomic mass is 10.2. The van der Waals surface area contributed by atoms with E-state index in [4.69, 9.17) is 11.6 Å². The highest BCUT2D eigenvalue weighted by Gasteiger charge is 2.19. The first-order valence-electron chi connectivity index (χ1n) is 5.60. The summed E-state index contributed by atoms with van der Waals surface area (Å²) >= 11 is 9.95. The Morgan fingerprint density at radius 3 is 2.47 bits per heavy atom. The molecule has 0 saturated carbocycles. The number of benzene rings is 1. The van der Waals surface area contributed by atoms with Crippen molar-refractivity contribution >= 4 is 29.5 Å². The van der Waals surface area contributed by atoms with E-state index in [2.05, 4.69) is 17.5 Å². The molecule has 0 bridgehead atoms. The highest BCUT2D eigenvalue weighted by molar-refractivity contribution is 7.96. The van der Waals surface area contributed by atoms with Gasteiger partial charge in [-0.1, -0.05) is 42.4 Å². The van der Waals surface area contributed by atoms with E-state index in [9.17, 15) is 4.79 Å². The first-order chi connectivity index (χ1) is 8.16. The number of nitrogens with zero attached hydrogens (tertiary/aromatic N) is 2. The van der Waals surface area contributed by atoms with Crippen LogP contribution >= 0.6 is 24.2 Å². The van der Waals surface area contributed by atoms with Gasteiger partial charge in [0.15, 0.2) is 0 Å². The molecule has 0 aromatic heterocycles. The van der Waals surface area contributed by atoms with E-state index >= 15 is 0 Å². The molecule has 0 unspecified atom stereocenters. The van der Waals surface area contributed by atoms with Crippen LogP contribution in [0.3, 0.4) is 0 Å². The van der Waals surface area contributed by atoms with Gasteiger partial charge in [0.05, 0.1) is 0 Å². The second kappa shape index (κ2) is 5.76. The summed E-state index contributed by atoms with van der Waals surface area (Å²) in [5, 5.41) is 0.669. The summed E-state index contributed by atoms with van der Waals surface area (Å²) in [5.41, 5.74) is 1.14. The Morgan fingerprint density at radius 1 is 1.24 bits per heavy atom. The van der Waals surface area contributed by atoms with E-state index in [1.54, 1.807) is 4.90 Å². The van der Waals surface area contributed by atoms with Crippen LogP contribution in [0.4, 0.5) is 4.79 Å². The zero-order valence-electron chi connectivity index (χ0n) is 9.47. The summed E-state index contributed by atoms with van der Waals surface area (Å²) in [6.07, 6.45) is 0. The highest BCUT2D eigenvalue weighted by Crippen LogP contribution is 2.18. The average Bonchev–Trinajstić information content (AvgIpc) is 2.33. The van der Waals surface area contributed by atoms with Crippen LogP contribution in [-0.4, -0.2) is 41.2 Å². The predicted molar refractivity (Wildman–Crippen MR) is 72.7 cm³/mol. The van der Waals surface area contributed by atoms with Crippen molar-refractivity contribution in [3.63, 3.8) is 0 Å². The van der Waals surface area contributed by atoms with Gasteiger partial charge in [0.1, 0.15) is 0 Å². The quantitative estimate of drug-likeness (QED) is 0.835. The van der Waals surface area contributed by atoms with Gasteiger partial charge in [-0.15, -0.1) is 0 Å². The summed E-state index contributed by atoms with van der Waals surface area (Å²) in [5.74, 6) is 0. The molecule has 1 amide bonds. The third kappa shape index (κ3) is 3.37. The zero-order valence-corrected chi connectivity index (χ0v) is 11.1. The van der Waals surface area contributed by atoms with Gasteiger partial charge in [-0.3, -0.25) is 9.69 Å². The van der Waals surface area contributed by atoms with Gasteiger partial charge in [-0.05, 0) is 11.6 Å². The number of amides is 1. The van der Waals surface area contributed by atoms with Crippen molar-refractivity contribution in [1.29, 1.82) is 0 Å². The van der Waals surface area contributed by atoms with Crippen LogP contribution in [0.25, 0.3) is 0 Å². The minimum atomic E-state index is -0.137. The van der Waals surface area contributed by atoms with Crippen LogP contribution in [0.5, 0.6) is 0 Å². The molecule has 1 aromatic rings. The molecule has 1 fully saturated rings. The summed E-state index contributed by atoms with van der Waals surface area (Å²) < 4.78 is 0. The second-order valence-corrected chi connectivity index (χ2v) is 4.93. The monoisotopic (exact) mass is 270 g/mol. The number of thiol groups is 1. The molecule has 1 heterocycles. The Bertz CT molecular complexity index is 405. The molecule has 2 rings (SSSR count). The van der Waals surface area contributed by atoms with Crippen LogP contribution in [0.1, 0.15) is 5.56 Å². The van der Waals surface area contributed by atoms with Crippen LogP contribution in [0.15, 0.2) is 24.3 Å². The van der Waals surface area contributed by atoms with E-state index in [0.29, 0.717) is 0 Å². The molecule has 0 atom stereocenters. The Kier molecular flexibility index (Phi) is 4.31. The van der Waals surface area contributed by atoms with Crippen molar-refractivity contribution in [2.45, 2.75) is 6.54 Å². The smallest absolute Gasteiger partial charge is 0.278 e. The fourth-order valence-electron chi connectivity index (χ4n) is 1.96. The largest absolute Gasteiger partial charge is 0.331 e. The van der Waals surface area contributed by atoms with E-state index in [1.807, 2.05) is 24.3 Å². The van der Waals surface area contributed by atoms with E-state index in [0.717, 1.165) is 43.3 Å². The summed E-state index contributed by atoms with van der Waals surface area (Å²) in [6.45, 7) is 4.07. The molecule has 92 valence electrons. The third-order valence-corrected chi connectivity index (χ3v) is 3.65. The van der Waals surface area contributed by atoms with Gasteiger partial charge < -0.3 is 4.90 Å². The Balaban J connectivity index is 1.90. The second-order valence-electron chi connectivity index (χ2n) is 4.14. The van der Waals surface area contributed by atoms with Crippen molar-refractivity contribution in [3.05, 3.63) is 34.9 Å². The lowest BCUT2D eigenvalue weighted by molar-refractivity contribution is 0.149. The van der Waals surface area contributed by atoms with Gasteiger partial charge in [0.25, 0.3) is 5.24 Å². The van der Waals surface area contributed by atoms with Crippen LogP contribution in [0.2, 0.25) is 5.02 Å². The number of hydrogen-bond donors (Lipinski definition) is 1. The molecule has 1 aliphatic heterocycles. The van der Waals surface area contributed by atoms with Crippen LogP contribution < -0.4 is 0 Å². The third-order valence-electron chi connectivity index (χ3n) is 2.99. The molecular weight excluding hydrogens is 256 g/mol. The van der Waals surface area contributed by atoms with Crippen LogP contribution in [0, 0.1) is 0 Å². The van der Waals surface area contributed by atoms with Gasteiger partial charge in [0.2, 0.25) is 0 Å². The lowest BCUT2D eigenvalue weighted by Crippen LogP contribution is -2.46. The molecule has 0 spiro atoms. The maximum Gasteiger partial charge on any atom is 0.278 e. The molecule has 1 aromatic carbocycles. The molecule has 17 heavy (non-hydrogen) atoms.